The van der Waals surface area contributed by atoms with Gasteiger partial charge in [-0.1, -0.05) is 6.07 Å². The molecule has 1 fully saturated rings. The van der Waals surface area contributed by atoms with Crippen molar-refractivity contribution < 1.29 is 14.2 Å². The average molecular weight is 251 g/mol. The molecule has 0 bridgehead atoms. The van der Waals surface area contributed by atoms with Gasteiger partial charge in [0, 0.05) is 12.6 Å². The second kappa shape index (κ2) is 6.07. The Balaban J connectivity index is 1.90. The molecule has 1 aliphatic rings. The molecule has 4 nitrogen and oxygen atoms in total. The maximum absolute atomic E-state index is 5.77. The first kappa shape index (κ1) is 13.2. The molecule has 0 saturated carbocycles. The van der Waals surface area contributed by atoms with E-state index < -0.39 is 0 Å². The third-order valence-corrected chi connectivity index (χ3v) is 3.02. The number of rotatable bonds is 4. The van der Waals surface area contributed by atoms with E-state index in [9.17, 15) is 0 Å². The van der Waals surface area contributed by atoms with E-state index in [2.05, 4.69) is 12.2 Å². The van der Waals surface area contributed by atoms with Crippen LogP contribution in [0.1, 0.15) is 12.5 Å². The smallest absolute Gasteiger partial charge is 0.161 e. The Morgan fingerprint density at radius 2 is 2.22 bits per heavy atom. The number of ether oxygens (including phenoxy) is 3. The van der Waals surface area contributed by atoms with Gasteiger partial charge in [0.25, 0.3) is 0 Å². The van der Waals surface area contributed by atoms with Crippen molar-refractivity contribution in [1.29, 1.82) is 0 Å². The van der Waals surface area contributed by atoms with Crippen molar-refractivity contribution in [3.8, 4) is 11.5 Å². The number of hydrogen-bond donors (Lipinski definition) is 1. The highest BCUT2D eigenvalue weighted by Gasteiger charge is 2.19. The van der Waals surface area contributed by atoms with Gasteiger partial charge in [-0.3, -0.25) is 0 Å². The van der Waals surface area contributed by atoms with Gasteiger partial charge in [-0.25, -0.2) is 0 Å². The summed E-state index contributed by atoms with van der Waals surface area (Å²) in [6.07, 6.45) is 0.104. The molecule has 2 unspecified atom stereocenters. The quantitative estimate of drug-likeness (QED) is 0.885. The normalized spacial score (nSPS) is 23.7. The molecule has 4 heteroatoms. The summed E-state index contributed by atoms with van der Waals surface area (Å²) in [6.45, 7) is 6.25. The van der Waals surface area contributed by atoms with Crippen molar-refractivity contribution in [3.05, 3.63) is 23.8 Å². The van der Waals surface area contributed by atoms with Crippen molar-refractivity contribution in [1.82, 2.24) is 5.32 Å². The second-order valence-electron chi connectivity index (χ2n) is 4.73. The van der Waals surface area contributed by atoms with Gasteiger partial charge in [0.2, 0.25) is 0 Å². The second-order valence-corrected chi connectivity index (χ2v) is 4.73. The Morgan fingerprint density at radius 1 is 1.39 bits per heavy atom. The van der Waals surface area contributed by atoms with E-state index in [-0.39, 0.29) is 6.10 Å². The third-order valence-electron chi connectivity index (χ3n) is 3.02. The lowest BCUT2D eigenvalue weighted by Gasteiger charge is -2.28. The van der Waals surface area contributed by atoms with Gasteiger partial charge in [0.05, 0.1) is 13.7 Å². The number of methoxy groups -OCH3 is 1. The molecule has 2 atom stereocenters. The van der Waals surface area contributed by atoms with Crippen LogP contribution in [0, 0.1) is 6.92 Å². The minimum Gasteiger partial charge on any atom is -0.493 e. The Kier molecular flexibility index (Phi) is 4.44. The van der Waals surface area contributed by atoms with E-state index in [1.165, 1.54) is 0 Å². The van der Waals surface area contributed by atoms with Gasteiger partial charge in [-0.2, -0.15) is 0 Å². The van der Waals surface area contributed by atoms with Crippen LogP contribution < -0.4 is 14.8 Å². The van der Waals surface area contributed by atoms with E-state index in [0.29, 0.717) is 12.6 Å². The average Bonchev–Trinajstić information content (AvgIpc) is 2.39. The summed E-state index contributed by atoms with van der Waals surface area (Å²) < 4.78 is 16.8. The summed E-state index contributed by atoms with van der Waals surface area (Å²) >= 11 is 0. The fourth-order valence-electron chi connectivity index (χ4n) is 1.91. The van der Waals surface area contributed by atoms with E-state index in [4.69, 9.17) is 14.2 Å². The molecular formula is C14H21NO3. The maximum Gasteiger partial charge on any atom is 0.161 e. The SMILES string of the molecule is COc1cc(C)ccc1OCC1CNC(C)CO1. The number of benzene rings is 1. The fourth-order valence-corrected chi connectivity index (χ4v) is 1.91. The van der Waals surface area contributed by atoms with Crippen molar-refractivity contribution in [2.24, 2.45) is 0 Å². The van der Waals surface area contributed by atoms with Gasteiger partial charge in [-0.15, -0.1) is 0 Å². The fraction of sp³-hybridized carbons (Fsp3) is 0.571. The molecule has 1 N–H and O–H groups in total. The zero-order valence-corrected chi connectivity index (χ0v) is 11.2. The Bertz CT molecular complexity index is 387. The number of hydrogen-bond acceptors (Lipinski definition) is 4. The predicted octanol–water partition coefficient (Wildman–Crippen LogP) is 1.76. The molecule has 0 spiro atoms. The molecule has 1 aromatic rings. The molecule has 100 valence electrons. The lowest BCUT2D eigenvalue weighted by Crippen LogP contribution is -2.46. The zero-order valence-electron chi connectivity index (χ0n) is 11.2. The van der Waals surface area contributed by atoms with Crippen LogP contribution in [-0.2, 0) is 4.74 Å². The molecule has 1 aliphatic heterocycles. The standard InChI is InChI=1S/C14H21NO3/c1-10-4-5-13(14(6-10)16-3)18-9-12-7-15-11(2)8-17-12/h4-6,11-12,15H,7-9H2,1-3H3. The van der Waals surface area contributed by atoms with Crippen molar-refractivity contribution >= 4 is 0 Å². The Hall–Kier alpha value is -1.26. The van der Waals surface area contributed by atoms with Crippen LogP contribution >= 0.6 is 0 Å². The van der Waals surface area contributed by atoms with E-state index in [0.717, 1.165) is 30.2 Å². The zero-order chi connectivity index (χ0) is 13.0. The maximum atomic E-state index is 5.77. The monoisotopic (exact) mass is 251 g/mol. The molecule has 18 heavy (non-hydrogen) atoms. The molecule has 1 aromatic carbocycles. The van der Waals surface area contributed by atoms with Gasteiger partial charge < -0.3 is 19.5 Å². The van der Waals surface area contributed by atoms with E-state index in [1.807, 2.05) is 25.1 Å². The first-order valence-corrected chi connectivity index (χ1v) is 6.31. The van der Waals surface area contributed by atoms with Crippen LogP contribution in [0.25, 0.3) is 0 Å². The summed E-state index contributed by atoms with van der Waals surface area (Å²) in [5.41, 5.74) is 1.16. The minimum absolute atomic E-state index is 0.104. The Labute approximate surface area is 108 Å². The molecule has 0 amide bonds. The highest BCUT2D eigenvalue weighted by molar-refractivity contribution is 5.42. The topological polar surface area (TPSA) is 39.7 Å². The van der Waals surface area contributed by atoms with Crippen LogP contribution in [0.2, 0.25) is 0 Å². The molecular weight excluding hydrogens is 230 g/mol. The van der Waals surface area contributed by atoms with Crippen LogP contribution in [-0.4, -0.2) is 39.0 Å². The number of aryl methyl sites for hydroxylation is 1. The van der Waals surface area contributed by atoms with Crippen LogP contribution in [0.5, 0.6) is 11.5 Å². The third kappa shape index (κ3) is 3.37. The molecule has 1 heterocycles. The highest BCUT2D eigenvalue weighted by Crippen LogP contribution is 2.27. The Morgan fingerprint density at radius 3 is 2.89 bits per heavy atom. The van der Waals surface area contributed by atoms with Gasteiger partial charge in [-0.05, 0) is 31.5 Å². The largest absolute Gasteiger partial charge is 0.493 e. The molecule has 2 rings (SSSR count). The lowest BCUT2D eigenvalue weighted by molar-refractivity contribution is -0.0169. The van der Waals surface area contributed by atoms with E-state index >= 15 is 0 Å². The first-order chi connectivity index (χ1) is 8.69. The molecule has 1 saturated heterocycles. The minimum atomic E-state index is 0.104. The van der Waals surface area contributed by atoms with Gasteiger partial charge in [0.15, 0.2) is 11.5 Å². The van der Waals surface area contributed by atoms with Gasteiger partial charge in [0.1, 0.15) is 12.7 Å². The van der Waals surface area contributed by atoms with E-state index in [1.54, 1.807) is 7.11 Å². The molecule has 0 aliphatic carbocycles. The van der Waals surface area contributed by atoms with Crippen molar-refractivity contribution in [2.45, 2.75) is 26.0 Å². The summed E-state index contributed by atoms with van der Waals surface area (Å²) in [5, 5.41) is 3.37. The molecule has 0 radical (unpaired) electrons. The van der Waals surface area contributed by atoms with Crippen molar-refractivity contribution in [3.63, 3.8) is 0 Å². The number of nitrogens with one attached hydrogen (secondary N) is 1. The van der Waals surface area contributed by atoms with Crippen LogP contribution in [0.3, 0.4) is 0 Å². The van der Waals surface area contributed by atoms with Crippen molar-refractivity contribution in [2.75, 3.05) is 26.9 Å². The first-order valence-electron chi connectivity index (χ1n) is 6.31. The lowest BCUT2D eigenvalue weighted by atomic mass is 10.2. The summed E-state index contributed by atoms with van der Waals surface area (Å²) in [6, 6.07) is 6.35. The number of morpholine rings is 1. The van der Waals surface area contributed by atoms with Gasteiger partial charge >= 0.3 is 0 Å². The summed E-state index contributed by atoms with van der Waals surface area (Å²) in [4.78, 5) is 0. The molecule has 0 aromatic heterocycles. The predicted molar refractivity (Wildman–Crippen MR) is 70.4 cm³/mol. The van der Waals surface area contributed by atoms with Crippen LogP contribution in [0.4, 0.5) is 0 Å². The summed E-state index contributed by atoms with van der Waals surface area (Å²) in [7, 11) is 1.65. The summed E-state index contributed by atoms with van der Waals surface area (Å²) in [5.74, 6) is 1.54. The highest BCUT2D eigenvalue weighted by atomic mass is 16.5. The van der Waals surface area contributed by atoms with Crippen LogP contribution in [0.15, 0.2) is 18.2 Å².